The number of anilines is 1. The molecule has 33 heavy (non-hydrogen) atoms. The van der Waals surface area contributed by atoms with Crippen LogP contribution in [0.2, 0.25) is 10.0 Å². The van der Waals surface area contributed by atoms with Crippen molar-refractivity contribution in [3.63, 3.8) is 0 Å². The van der Waals surface area contributed by atoms with Crippen molar-refractivity contribution in [1.82, 2.24) is 14.7 Å². The van der Waals surface area contributed by atoms with Crippen LogP contribution < -0.4 is 5.32 Å². The lowest BCUT2D eigenvalue weighted by molar-refractivity contribution is -0.127. The van der Waals surface area contributed by atoms with Crippen molar-refractivity contribution >= 4 is 34.9 Å². The van der Waals surface area contributed by atoms with Crippen molar-refractivity contribution < 1.29 is 4.79 Å². The highest BCUT2D eigenvalue weighted by Crippen LogP contribution is 2.38. The van der Waals surface area contributed by atoms with Crippen LogP contribution in [0.1, 0.15) is 43.9 Å². The standard InChI is InChI=1S/C26H28Cl2N4O/c1-3-15-31(16-7-10-19-8-5-4-6-9-19)26(33)24-18(2)30-23-13-14-29-32(23)25(24)20-11-12-21(27)22(28)17-20/h4-6,8-9,11-14,17,25,30H,3,7,10,15-16H2,1-2H3. The summed E-state index contributed by atoms with van der Waals surface area (Å²) in [6.07, 6.45) is 4.46. The fraction of sp³-hybridized carbons (Fsp3) is 0.308. The number of hydrogen-bond donors (Lipinski definition) is 1. The number of fused-ring (bicyclic) bond motifs is 1. The van der Waals surface area contributed by atoms with Gasteiger partial charge in [-0.25, -0.2) is 4.68 Å². The first-order valence-corrected chi connectivity index (χ1v) is 12.0. The topological polar surface area (TPSA) is 50.2 Å². The number of allylic oxidation sites excluding steroid dienone is 1. The molecule has 1 aliphatic heterocycles. The van der Waals surface area contributed by atoms with Gasteiger partial charge in [0.15, 0.2) is 0 Å². The quantitative estimate of drug-likeness (QED) is 0.406. The monoisotopic (exact) mass is 482 g/mol. The Kier molecular flexibility index (Phi) is 7.41. The van der Waals surface area contributed by atoms with Gasteiger partial charge in [0.05, 0.1) is 21.8 Å². The molecule has 0 saturated carbocycles. The van der Waals surface area contributed by atoms with Gasteiger partial charge in [0.1, 0.15) is 11.9 Å². The summed E-state index contributed by atoms with van der Waals surface area (Å²) in [5.74, 6) is 0.860. The van der Waals surface area contributed by atoms with E-state index in [9.17, 15) is 4.79 Å². The molecule has 2 heterocycles. The molecule has 0 bridgehead atoms. The number of carbonyl (C=O) groups is 1. The molecule has 0 radical (unpaired) electrons. The third kappa shape index (κ3) is 5.10. The molecule has 3 aromatic rings. The van der Waals surface area contributed by atoms with Crippen molar-refractivity contribution in [2.45, 2.75) is 39.2 Å². The molecule has 1 aliphatic rings. The van der Waals surface area contributed by atoms with Crippen LogP contribution in [-0.4, -0.2) is 33.7 Å². The first kappa shape index (κ1) is 23.4. The fourth-order valence-corrected chi connectivity index (χ4v) is 4.65. The van der Waals surface area contributed by atoms with Gasteiger partial charge >= 0.3 is 0 Å². The molecule has 172 valence electrons. The Morgan fingerprint density at radius 1 is 1.09 bits per heavy atom. The van der Waals surface area contributed by atoms with Crippen molar-refractivity contribution in [2.24, 2.45) is 0 Å². The van der Waals surface area contributed by atoms with E-state index in [1.807, 2.05) is 40.8 Å². The minimum atomic E-state index is -0.382. The molecule has 2 aromatic carbocycles. The number of aromatic nitrogens is 2. The highest BCUT2D eigenvalue weighted by atomic mass is 35.5. The van der Waals surface area contributed by atoms with Gasteiger partial charge < -0.3 is 10.2 Å². The van der Waals surface area contributed by atoms with Crippen LogP contribution >= 0.6 is 23.2 Å². The van der Waals surface area contributed by atoms with Gasteiger partial charge in [0.25, 0.3) is 5.91 Å². The van der Waals surface area contributed by atoms with Crippen LogP contribution in [0, 0.1) is 0 Å². The molecular weight excluding hydrogens is 455 g/mol. The Bertz CT molecular complexity index is 1160. The zero-order chi connectivity index (χ0) is 23.4. The number of nitrogens with zero attached hydrogens (tertiary/aromatic N) is 3. The van der Waals surface area contributed by atoms with Gasteiger partial charge in [-0.1, -0.05) is 66.5 Å². The van der Waals surface area contributed by atoms with Gasteiger partial charge in [-0.15, -0.1) is 0 Å². The predicted octanol–water partition coefficient (Wildman–Crippen LogP) is 6.35. The largest absolute Gasteiger partial charge is 0.344 e. The van der Waals surface area contributed by atoms with E-state index in [1.54, 1.807) is 12.3 Å². The highest BCUT2D eigenvalue weighted by molar-refractivity contribution is 6.42. The average molecular weight is 483 g/mol. The number of hydrogen-bond acceptors (Lipinski definition) is 3. The minimum absolute atomic E-state index is 0.0205. The lowest BCUT2D eigenvalue weighted by atomic mass is 9.94. The number of rotatable bonds is 8. The summed E-state index contributed by atoms with van der Waals surface area (Å²) in [4.78, 5) is 15.9. The summed E-state index contributed by atoms with van der Waals surface area (Å²) in [6.45, 7) is 5.44. The summed E-state index contributed by atoms with van der Waals surface area (Å²) in [6, 6.07) is 17.4. The lowest BCUT2D eigenvalue weighted by Gasteiger charge is -2.33. The van der Waals surface area contributed by atoms with Crippen LogP contribution in [0.15, 0.2) is 72.1 Å². The molecule has 4 rings (SSSR count). The Morgan fingerprint density at radius 2 is 1.88 bits per heavy atom. The second-order valence-electron chi connectivity index (χ2n) is 8.28. The Labute approximate surface area is 205 Å². The summed E-state index contributed by atoms with van der Waals surface area (Å²) in [7, 11) is 0. The first-order chi connectivity index (χ1) is 16.0. The zero-order valence-electron chi connectivity index (χ0n) is 18.9. The molecular formula is C26H28Cl2N4O. The van der Waals surface area contributed by atoms with E-state index in [-0.39, 0.29) is 11.9 Å². The SMILES string of the molecule is CCCN(CCCc1ccccc1)C(=O)C1=C(C)Nc2ccnn2C1c1ccc(Cl)c(Cl)c1. The molecule has 1 aromatic heterocycles. The maximum absolute atomic E-state index is 13.9. The molecule has 0 fully saturated rings. The second-order valence-corrected chi connectivity index (χ2v) is 9.10. The van der Waals surface area contributed by atoms with Gasteiger partial charge in [-0.2, -0.15) is 5.10 Å². The normalized spacial score (nSPS) is 15.2. The maximum atomic E-state index is 13.9. The van der Waals surface area contributed by atoms with Crippen LogP contribution in [0.3, 0.4) is 0 Å². The number of carbonyl (C=O) groups excluding carboxylic acids is 1. The Morgan fingerprint density at radius 3 is 2.61 bits per heavy atom. The predicted molar refractivity (Wildman–Crippen MR) is 135 cm³/mol. The van der Waals surface area contributed by atoms with Gasteiger partial charge in [0, 0.05) is 24.9 Å². The number of amides is 1. The van der Waals surface area contributed by atoms with Crippen LogP contribution in [0.25, 0.3) is 0 Å². The van der Waals surface area contributed by atoms with Gasteiger partial charge in [0.2, 0.25) is 0 Å². The first-order valence-electron chi connectivity index (χ1n) is 11.3. The lowest BCUT2D eigenvalue weighted by Crippen LogP contribution is -2.39. The van der Waals surface area contributed by atoms with Gasteiger partial charge in [-0.05, 0) is 49.4 Å². The molecule has 5 nitrogen and oxygen atoms in total. The van der Waals surface area contributed by atoms with E-state index in [1.165, 1.54) is 5.56 Å². The van der Waals surface area contributed by atoms with Crippen molar-refractivity contribution in [1.29, 1.82) is 0 Å². The summed E-state index contributed by atoms with van der Waals surface area (Å²) < 4.78 is 1.84. The molecule has 0 spiro atoms. The minimum Gasteiger partial charge on any atom is -0.344 e. The number of halogens is 2. The van der Waals surface area contributed by atoms with Crippen molar-refractivity contribution in [2.75, 3.05) is 18.4 Å². The fourth-order valence-electron chi connectivity index (χ4n) is 4.35. The van der Waals surface area contributed by atoms with Crippen molar-refractivity contribution in [3.05, 3.63) is 93.2 Å². The average Bonchev–Trinajstić information content (AvgIpc) is 3.28. The van der Waals surface area contributed by atoms with Gasteiger partial charge in [-0.3, -0.25) is 4.79 Å². The van der Waals surface area contributed by atoms with Crippen LogP contribution in [0.4, 0.5) is 5.82 Å². The molecule has 0 saturated heterocycles. The summed E-state index contributed by atoms with van der Waals surface area (Å²) >= 11 is 12.5. The van der Waals surface area contributed by atoms with E-state index in [4.69, 9.17) is 23.2 Å². The second kappa shape index (κ2) is 10.4. The van der Waals surface area contributed by atoms with Crippen molar-refractivity contribution in [3.8, 4) is 0 Å². The zero-order valence-corrected chi connectivity index (χ0v) is 20.4. The number of nitrogens with one attached hydrogen (secondary N) is 1. The molecule has 1 N–H and O–H groups in total. The molecule has 1 amide bonds. The number of aryl methyl sites for hydroxylation is 1. The van der Waals surface area contributed by atoms with E-state index in [2.05, 4.69) is 41.6 Å². The summed E-state index contributed by atoms with van der Waals surface area (Å²) in [5.41, 5.74) is 3.66. The molecule has 7 heteroatoms. The Hall–Kier alpha value is -2.76. The highest BCUT2D eigenvalue weighted by Gasteiger charge is 2.34. The number of benzene rings is 2. The third-order valence-corrected chi connectivity index (χ3v) is 6.65. The maximum Gasteiger partial charge on any atom is 0.254 e. The molecule has 1 atom stereocenters. The molecule has 1 unspecified atom stereocenters. The van der Waals surface area contributed by atoms with E-state index in [0.717, 1.165) is 36.3 Å². The van der Waals surface area contributed by atoms with E-state index < -0.39 is 0 Å². The smallest absolute Gasteiger partial charge is 0.254 e. The Balaban J connectivity index is 1.63. The van der Waals surface area contributed by atoms with Crippen LogP contribution in [-0.2, 0) is 11.2 Å². The van der Waals surface area contributed by atoms with E-state index >= 15 is 0 Å². The van der Waals surface area contributed by atoms with Crippen LogP contribution in [0.5, 0.6) is 0 Å². The summed E-state index contributed by atoms with van der Waals surface area (Å²) in [5, 5.41) is 8.80. The third-order valence-electron chi connectivity index (χ3n) is 5.91. The molecule has 0 aliphatic carbocycles. The van der Waals surface area contributed by atoms with E-state index in [0.29, 0.717) is 28.7 Å².